The van der Waals surface area contributed by atoms with Crippen molar-refractivity contribution in [1.82, 2.24) is 9.38 Å². The zero-order valence-electron chi connectivity index (χ0n) is 9.00. The van der Waals surface area contributed by atoms with Gasteiger partial charge in [0.25, 0.3) is 0 Å². The Bertz CT molecular complexity index is 432. The molecule has 2 rings (SSSR count). The molecule has 0 bridgehead atoms. The molecule has 0 saturated carbocycles. The van der Waals surface area contributed by atoms with Gasteiger partial charge in [-0.2, -0.15) is 0 Å². The highest BCUT2D eigenvalue weighted by atomic mass is 79.9. The van der Waals surface area contributed by atoms with Gasteiger partial charge in [0.05, 0.1) is 5.69 Å². The molecule has 0 aromatic carbocycles. The third kappa shape index (κ3) is 1.98. The van der Waals surface area contributed by atoms with Gasteiger partial charge in [0.15, 0.2) is 0 Å². The molecule has 76 valence electrons. The second-order valence-corrected chi connectivity index (χ2v) is 3.77. The summed E-state index contributed by atoms with van der Waals surface area (Å²) < 4.78 is 3.16. The summed E-state index contributed by atoms with van der Waals surface area (Å²) in [5.74, 6) is 0. The highest BCUT2D eigenvalue weighted by molar-refractivity contribution is 9.10. The molecule has 2 heterocycles. The Balaban J connectivity index is 0.000000461. The summed E-state index contributed by atoms with van der Waals surface area (Å²) in [5.41, 5.74) is 3.30. The van der Waals surface area contributed by atoms with Crippen molar-refractivity contribution >= 4 is 21.6 Å². The fourth-order valence-electron chi connectivity index (χ4n) is 1.25. The van der Waals surface area contributed by atoms with Gasteiger partial charge in [-0.3, -0.25) is 0 Å². The van der Waals surface area contributed by atoms with Crippen molar-refractivity contribution in [2.24, 2.45) is 0 Å². The van der Waals surface area contributed by atoms with E-state index in [9.17, 15) is 0 Å². The van der Waals surface area contributed by atoms with E-state index < -0.39 is 0 Å². The first kappa shape index (κ1) is 11.2. The van der Waals surface area contributed by atoms with Crippen molar-refractivity contribution in [3.8, 4) is 0 Å². The second kappa shape index (κ2) is 4.60. The Morgan fingerprint density at radius 2 is 1.86 bits per heavy atom. The zero-order valence-corrected chi connectivity index (χ0v) is 10.6. The zero-order chi connectivity index (χ0) is 10.7. The van der Waals surface area contributed by atoms with Crippen LogP contribution >= 0.6 is 15.9 Å². The van der Waals surface area contributed by atoms with Crippen LogP contribution in [0.15, 0.2) is 22.8 Å². The third-order valence-corrected chi connectivity index (χ3v) is 2.53. The molecule has 3 heteroatoms. The van der Waals surface area contributed by atoms with Crippen molar-refractivity contribution in [2.45, 2.75) is 27.7 Å². The maximum Gasteiger partial charge on any atom is 0.137 e. The molecule has 0 fully saturated rings. The predicted octanol–water partition coefficient (Wildman–Crippen LogP) is 3.74. The first-order chi connectivity index (χ1) is 6.68. The van der Waals surface area contributed by atoms with Crippen molar-refractivity contribution in [3.63, 3.8) is 0 Å². The van der Waals surface area contributed by atoms with E-state index in [1.54, 1.807) is 0 Å². The van der Waals surface area contributed by atoms with E-state index in [-0.39, 0.29) is 0 Å². The van der Waals surface area contributed by atoms with Crippen LogP contribution in [0.5, 0.6) is 0 Å². The Morgan fingerprint density at radius 3 is 2.50 bits per heavy atom. The minimum Gasteiger partial charge on any atom is -0.303 e. The molecule has 0 aliphatic carbocycles. The molecule has 0 amide bonds. The predicted molar refractivity (Wildman–Crippen MR) is 63.7 cm³/mol. The molecule has 2 aromatic heterocycles. The van der Waals surface area contributed by atoms with Crippen molar-refractivity contribution < 1.29 is 0 Å². The van der Waals surface area contributed by atoms with Crippen LogP contribution in [0.25, 0.3) is 5.65 Å². The summed E-state index contributed by atoms with van der Waals surface area (Å²) in [7, 11) is 0. The lowest BCUT2D eigenvalue weighted by Crippen LogP contribution is -1.86. The standard InChI is InChI=1S/C9H9BrN2.C2H6/c1-6-7(2)12-5-8(10)3-4-9(12)11-6;1-2/h3-5H,1-2H3;1-2H3. The van der Waals surface area contributed by atoms with E-state index >= 15 is 0 Å². The molecule has 0 unspecified atom stereocenters. The lowest BCUT2D eigenvalue weighted by Gasteiger charge is -1.96. The number of halogens is 1. The topological polar surface area (TPSA) is 17.3 Å². The van der Waals surface area contributed by atoms with Gasteiger partial charge in [-0.15, -0.1) is 0 Å². The van der Waals surface area contributed by atoms with E-state index in [4.69, 9.17) is 0 Å². The number of aryl methyl sites for hydroxylation is 2. The van der Waals surface area contributed by atoms with Gasteiger partial charge >= 0.3 is 0 Å². The van der Waals surface area contributed by atoms with Gasteiger partial charge in [0, 0.05) is 16.4 Å². The van der Waals surface area contributed by atoms with Crippen LogP contribution < -0.4 is 0 Å². The van der Waals surface area contributed by atoms with Crippen LogP contribution in [0, 0.1) is 13.8 Å². The highest BCUT2D eigenvalue weighted by Crippen LogP contribution is 2.15. The smallest absolute Gasteiger partial charge is 0.137 e. The molecule has 14 heavy (non-hydrogen) atoms. The number of imidazole rings is 1. The third-order valence-electron chi connectivity index (χ3n) is 2.06. The normalized spacial score (nSPS) is 9.79. The minimum atomic E-state index is 1.01. The molecule has 0 aliphatic rings. The number of pyridine rings is 1. The summed E-state index contributed by atoms with van der Waals surface area (Å²) in [6.45, 7) is 8.10. The number of nitrogens with zero attached hydrogens (tertiary/aromatic N) is 2. The number of hydrogen-bond acceptors (Lipinski definition) is 1. The van der Waals surface area contributed by atoms with Crippen LogP contribution in [-0.4, -0.2) is 9.38 Å². The fourth-order valence-corrected chi connectivity index (χ4v) is 1.59. The minimum absolute atomic E-state index is 1.01. The number of hydrogen-bond donors (Lipinski definition) is 0. The van der Waals surface area contributed by atoms with Crippen LogP contribution in [0.1, 0.15) is 25.2 Å². The molecule has 0 atom stereocenters. The molecule has 2 aromatic rings. The molecule has 0 saturated heterocycles. The van der Waals surface area contributed by atoms with Crippen LogP contribution in [0.2, 0.25) is 0 Å². The van der Waals surface area contributed by atoms with E-state index in [1.807, 2.05) is 39.1 Å². The lowest BCUT2D eigenvalue weighted by atomic mass is 10.4. The largest absolute Gasteiger partial charge is 0.303 e. The van der Waals surface area contributed by atoms with Crippen molar-refractivity contribution in [1.29, 1.82) is 0 Å². The quantitative estimate of drug-likeness (QED) is 0.701. The molecule has 0 spiro atoms. The highest BCUT2D eigenvalue weighted by Gasteiger charge is 2.02. The summed E-state index contributed by atoms with van der Waals surface area (Å²) >= 11 is 3.43. The Morgan fingerprint density at radius 1 is 1.21 bits per heavy atom. The van der Waals surface area contributed by atoms with Crippen LogP contribution in [0.4, 0.5) is 0 Å². The Kier molecular flexibility index (Phi) is 3.69. The van der Waals surface area contributed by atoms with E-state index in [1.165, 1.54) is 5.69 Å². The van der Waals surface area contributed by atoms with Crippen molar-refractivity contribution in [3.05, 3.63) is 34.2 Å². The number of rotatable bonds is 0. The maximum atomic E-state index is 4.40. The Hall–Kier alpha value is -0.830. The van der Waals surface area contributed by atoms with Gasteiger partial charge in [-0.25, -0.2) is 4.98 Å². The first-order valence-electron chi connectivity index (χ1n) is 4.79. The van der Waals surface area contributed by atoms with Gasteiger partial charge in [-0.1, -0.05) is 13.8 Å². The van der Waals surface area contributed by atoms with Crippen LogP contribution in [0.3, 0.4) is 0 Å². The van der Waals surface area contributed by atoms with Gasteiger partial charge in [0.2, 0.25) is 0 Å². The maximum absolute atomic E-state index is 4.40. The summed E-state index contributed by atoms with van der Waals surface area (Å²) in [5, 5.41) is 0. The molecular formula is C11H15BrN2. The SMILES string of the molecule is CC.Cc1nc2ccc(Br)cn2c1C. The molecule has 0 radical (unpaired) electrons. The van der Waals surface area contributed by atoms with E-state index in [2.05, 4.69) is 32.2 Å². The summed E-state index contributed by atoms with van der Waals surface area (Å²) in [6, 6.07) is 4.01. The van der Waals surface area contributed by atoms with Crippen molar-refractivity contribution in [2.75, 3.05) is 0 Å². The monoisotopic (exact) mass is 254 g/mol. The number of fused-ring (bicyclic) bond motifs is 1. The summed E-state index contributed by atoms with van der Waals surface area (Å²) in [6.07, 6.45) is 2.03. The average molecular weight is 255 g/mol. The molecule has 0 aliphatic heterocycles. The van der Waals surface area contributed by atoms with E-state index in [0.29, 0.717) is 0 Å². The lowest BCUT2D eigenvalue weighted by molar-refractivity contribution is 1.09. The molecule has 2 nitrogen and oxygen atoms in total. The van der Waals surface area contributed by atoms with Gasteiger partial charge in [-0.05, 0) is 41.9 Å². The molecule has 0 N–H and O–H groups in total. The summed E-state index contributed by atoms with van der Waals surface area (Å²) in [4.78, 5) is 4.40. The molecular weight excluding hydrogens is 240 g/mol. The average Bonchev–Trinajstić information content (AvgIpc) is 2.48. The van der Waals surface area contributed by atoms with E-state index in [0.717, 1.165) is 15.8 Å². The Labute approximate surface area is 93.1 Å². The second-order valence-electron chi connectivity index (χ2n) is 2.86. The first-order valence-corrected chi connectivity index (χ1v) is 5.58. The van der Waals surface area contributed by atoms with Gasteiger partial charge < -0.3 is 4.40 Å². The van der Waals surface area contributed by atoms with Gasteiger partial charge in [0.1, 0.15) is 5.65 Å². The fraction of sp³-hybridized carbons (Fsp3) is 0.364. The van der Waals surface area contributed by atoms with Crippen LogP contribution in [-0.2, 0) is 0 Å². The number of aromatic nitrogens is 2.